The quantitative estimate of drug-likeness (QED) is 0.514. The highest BCUT2D eigenvalue weighted by atomic mass is 19.1. The van der Waals surface area contributed by atoms with Crippen LogP contribution in [0, 0.1) is 15.9 Å². The van der Waals surface area contributed by atoms with Gasteiger partial charge >= 0.3 is 5.76 Å². The maximum atomic E-state index is 13.7. The molecule has 1 amide bonds. The number of nitro groups is 1. The Kier molecular flexibility index (Phi) is 4.53. The Bertz CT molecular complexity index is 1060. The Morgan fingerprint density at radius 1 is 1.31 bits per heavy atom. The molecular formula is C17H14FN3O5. The monoisotopic (exact) mass is 359 g/mol. The maximum absolute atomic E-state index is 13.7. The molecule has 1 aromatic heterocycles. The first-order valence-electron chi connectivity index (χ1n) is 7.62. The zero-order chi connectivity index (χ0) is 18.8. The van der Waals surface area contributed by atoms with Crippen molar-refractivity contribution in [2.75, 3.05) is 7.05 Å². The summed E-state index contributed by atoms with van der Waals surface area (Å²) in [5, 5.41) is 10.8. The summed E-state index contributed by atoms with van der Waals surface area (Å²) in [5.41, 5.74) is 0.423. The van der Waals surface area contributed by atoms with E-state index in [9.17, 15) is 24.1 Å². The average molecular weight is 359 g/mol. The van der Waals surface area contributed by atoms with Gasteiger partial charge in [0.1, 0.15) is 12.4 Å². The third-order valence-corrected chi connectivity index (χ3v) is 3.95. The van der Waals surface area contributed by atoms with Crippen LogP contribution < -0.4 is 5.76 Å². The third-order valence-electron chi connectivity index (χ3n) is 3.95. The van der Waals surface area contributed by atoms with Gasteiger partial charge in [-0.05, 0) is 12.1 Å². The molecule has 26 heavy (non-hydrogen) atoms. The molecule has 3 rings (SSSR count). The van der Waals surface area contributed by atoms with E-state index in [2.05, 4.69) is 0 Å². The summed E-state index contributed by atoms with van der Waals surface area (Å²) in [5.74, 6) is -1.66. The highest BCUT2D eigenvalue weighted by Crippen LogP contribution is 2.20. The summed E-state index contributed by atoms with van der Waals surface area (Å²) >= 11 is 0. The van der Waals surface area contributed by atoms with Crippen LogP contribution >= 0.6 is 0 Å². The highest BCUT2D eigenvalue weighted by Gasteiger charge is 2.18. The number of halogens is 1. The molecule has 8 nitrogen and oxygen atoms in total. The second kappa shape index (κ2) is 6.79. The van der Waals surface area contributed by atoms with Crippen LogP contribution in [0.25, 0.3) is 11.1 Å². The first-order valence-corrected chi connectivity index (χ1v) is 7.62. The van der Waals surface area contributed by atoms with E-state index in [-0.39, 0.29) is 29.9 Å². The zero-order valence-electron chi connectivity index (χ0n) is 13.7. The molecule has 0 spiro atoms. The van der Waals surface area contributed by atoms with E-state index in [1.807, 2.05) is 0 Å². The Morgan fingerprint density at radius 3 is 2.73 bits per heavy atom. The van der Waals surface area contributed by atoms with E-state index in [1.54, 1.807) is 18.2 Å². The lowest BCUT2D eigenvalue weighted by Gasteiger charge is -2.17. The van der Waals surface area contributed by atoms with Gasteiger partial charge in [0.2, 0.25) is 5.91 Å². The number of nitrogens with zero attached hydrogens (tertiary/aromatic N) is 3. The lowest BCUT2D eigenvalue weighted by Crippen LogP contribution is -2.32. The van der Waals surface area contributed by atoms with E-state index in [0.717, 1.165) is 10.6 Å². The normalized spacial score (nSPS) is 10.8. The van der Waals surface area contributed by atoms with Crippen molar-refractivity contribution >= 4 is 22.7 Å². The number of amides is 1. The molecule has 1 heterocycles. The fourth-order valence-corrected chi connectivity index (χ4v) is 2.54. The number of likely N-dealkylation sites (N-methyl/N-ethyl adjacent to an activating group) is 1. The van der Waals surface area contributed by atoms with Crippen molar-refractivity contribution in [3.63, 3.8) is 0 Å². The number of nitro benzene ring substituents is 1. The first-order chi connectivity index (χ1) is 12.4. The molecule has 9 heteroatoms. The second-order valence-electron chi connectivity index (χ2n) is 5.70. The molecule has 0 aliphatic carbocycles. The summed E-state index contributed by atoms with van der Waals surface area (Å²) in [6.45, 7) is -0.282. The van der Waals surface area contributed by atoms with Crippen molar-refractivity contribution in [2.24, 2.45) is 0 Å². The summed E-state index contributed by atoms with van der Waals surface area (Å²) in [7, 11) is 1.49. The van der Waals surface area contributed by atoms with E-state index < -0.39 is 22.4 Å². The molecule has 0 aliphatic rings. The Morgan fingerprint density at radius 2 is 2.04 bits per heavy atom. The summed E-state index contributed by atoms with van der Waals surface area (Å²) in [4.78, 5) is 35.8. The van der Waals surface area contributed by atoms with Gasteiger partial charge in [0.05, 0.1) is 16.5 Å². The van der Waals surface area contributed by atoms with Crippen molar-refractivity contribution in [3.8, 4) is 0 Å². The number of carbonyl (C=O) groups is 1. The lowest BCUT2D eigenvalue weighted by atomic mass is 10.2. The van der Waals surface area contributed by atoms with Crippen molar-refractivity contribution < 1.29 is 18.5 Å². The molecule has 0 saturated heterocycles. The SMILES string of the molecule is CN(Cc1ccccc1F)C(=O)Cn1c(=O)oc2cc([N+](=O)[O-])ccc21. The highest BCUT2D eigenvalue weighted by molar-refractivity contribution is 5.80. The number of hydrogen-bond donors (Lipinski definition) is 0. The Hall–Kier alpha value is -3.49. The number of rotatable bonds is 5. The minimum absolute atomic E-state index is 0.0220. The minimum Gasteiger partial charge on any atom is -0.407 e. The lowest BCUT2D eigenvalue weighted by molar-refractivity contribution is -0.384. The van der Waals surface area contributed by atoms with Crippen LogP contribution in [-0.2, 0) is 17.9 Å². The predicted molar refractivity (Wildman–Crippen MR) is 90.0 cm³/mol. The van der Waals surface area contributed by atoms with Gasteiger partial charge in [0.15, 0.2) is 5.58 Å². The molecule has 0 bridgehead atoms. The number of hydrogen-bond acceptors (Lipinski definition) is 5. The number of non-ortho nitro benzene ring substituents is 1. The standard InChI is InChI=1S/C17H14FN3O5/c1-19(9-11-4-2-3-5-13(11)18)16(22)10-20-14-7-6-12(21(24)25)8-15(14)26-17(20)23/h2-8H,9-10H2,1H3. The van der Waals surface area contributed by atoms with Crippen LogP contribution in [-0.4, -0.2) is 27.3 Å². The van der Waals surface area contributed by atoms with Crippen molar-refractivity contribution in [1.82, 2.24) is 9.47 Å². The fourth-order valence-electron chi connectivity index (χ4n) is 2.54. The number of carbonyl (C=O) groups excluding carboxylic acids is 1. The topological polar surface area (TPSA) is 98.6 Å². The molecule has 134 valence electrons. The molecule has 0 saturated carbocycles. The predicted octanol–water partition coefficient (Wildman–Crippen LogP) is 2.30. The van der Waals surface area contributed by atoms with E-state index in [4.69, 9.17) is 4.42 Å². The van der Waals surface area contributed by atoms with E-state index in [0.29, 0.717) is 5.56 Å². The van der Waals surface area contributed by atoms with Gasteiger partial charge in [-0.1, -0.05) is 18.2 Å². The molecule has 0 unspecified atom stereocenters. The van der Waals surface area contributed by atoms with Crippen molar-refractivity contribution in [2.45, 2.75) is 13.1 Å². The van der Waals surface area contributed by atoms with E-state index >= 15 is 0 Å². The molecule has 0 N–H and O–H groups in total. The molecule has 3 aromatic rings. The number of fused-ring (bicyclic) bond motifs is 1. The number of aromatic nitrogens is 1. The van der Waals surface area contributed by atoms with Gasteiger partial charge in [-0.2, -0.15) is 0 Å². The van der Waals surface area contributed by atoms with Crippen LogP contribution in [0.3, 0.4) is 0 Å². The number of benzene rings is 2. The van der Waals surface area contributed by atoms with Crippen LogP contribution in [0.1, 0.15) is 5.56 Å². The number of oxazole rings is 1. The van der Waals surface area contributed by atoms with Crippen LogP contribution in [0.5, 0.6) is 0 Å². The molecule has 0 radical (unpaired) electrons. The van der Waals surface area contributed by atoms with Crippen LogP contribution in [0.4, 0.5) is 10.1 Å². The molecule has 0 aliphatic heterocycles. The summed E-state index contributed by atoms with van der Waals surface area (Å²) in [6, 6.07) is 9.78. The van der Waals surface area contributed by atoms with Gasteiger partial charge < -0.3 is 9.32 Å². The third kappa shape index (κ3) is 3.32. The van der Waals surface area contributed by atoms with Gasteiger partial charge in [-0.15, -0.1) is 0 Å². The van der Waals surface area contributed by atoms with Gasteiger partial charge in [-0.25, -0.2) is 9.18 Å². The van der Waals surface area contributed by atoms with Gasteiger partial charge in [0, 0.05) is 25.2 Å². The second-order valence-corrected chi connectivity index (χ2v) is 5.70. The van der Waals surface area contributed by atoms with Crippen LogP contribution in [0.2, 0.25) is 0 Å². The molecule has 2 aromatic carbocycles. The minimum atomic E-state index is -0.798. The molecular weight excluding hydrogens is 345 g/mol. The average Bonchev–Trinajstić information content (AvgIpc) is 2.91. The fraction of sp³-hybridized carbons (Fsp3) is 0.176. The van der Waals surface area contributed by atoms with Crippen LogP contribution in [0.15, 0.2) is 51.7 Å². The summed E-state index contributed by atoms with van der Waals surface area (Å²) in [6.07, 6.45) is 0. The zero-order valence-corrected chi connectivity index (χ0v) is 13.7. The van der Waals surface area contributed by atoms with Gasteiger partial charge in [-0.3, -0.25) is 19.5 Å². The molecule has 0 atom stereocenters. The van der Waals surface area contributed by atoms with Crippen molar-refractivity contribution in [3.05, 3.63) is 74.5 Å². The molecule has 0 fully saturated rings. The first kappa shape index (κ1) is 17.3. The maximum Gasteiger partial charge on any atom is 0.420 e. The Labute approximate surface area is 146 Å². The summed E-state index contributed by atoms with van der Waals surface area (Å²) < 4.78 is 19.8. The van der Waals surface area contributed by atoms with Gasteiger partial charge in [0.25, 0.3) is 5.69 Å². The van der Waals surface area contributed by atoms with Crippen molar-refractivity contribution in [1.29, 1.82) is 0 Å². The largest absolute Gasteiger partial charge is 0.420 e. The van der Waals surface area contributed by atoms with E-state index in [1.165, 1.54) is 30.1 Å². The Balaban J connectivity index is 1.83. The smallest absolute Gasteiger partial charge is 0.407 e.